The Morgan fingerprint density at radius 1 is 1.32 bits per heavy atom. The quantitative estimate of drug-likeness (QED) is 0.868. The highest BCUT2D eigenvalue weighted by atomic mass is 35.5. The zero-order valence-electron chi connectivity index (χ0n) is 12.3. The summed E-state index contributed by atoms with van der Waals surface area (Å²) in [5, 5.41) is 0.557. The second-order valence-electron chi connectivity index (χ2n) is 5.19. The molecule has 2 rings (SSSR count). The minimum absolute atomic E-state index is 0.0642. The van der Waals surface area contributed by atoms with Gasteiger partial charge >= 0.3 is 0 Å². The predicted octanol–water partition coefficient (Wildman–Crippen LogP) is 1.18. The zero-order chi connectivity index (χ0) is 16.2. The number of rotatable bonds is 5. The number of nitrogens with one attached hydrogen (secondary N) is 1. The van der Waals surface area contributed by atoms with Crippen molar-refractivity contribution in [1.29, 1.82) is 0 Å². The molecule has 8 heteroatoms. The molecule has 0 spiro atoms. The van der Waals surface area contributed by atoms with Gasteiger partial charge in [-0.2, -0.15) is 0 Å². The van der Waals surface area contributed by atoms with Gasteiger partial charge in [-0.3, -0.25) is 4.79 Å². The maximum Gasteiger partial charge on any atom is 0.224 e. The molecule has 1 heterocycles. The van der Waals surface area contributed by atoms with Crippen molar-refractivity contribution in [2.45, 2.75) is 12.5 Å². The first kappa shape index (κ1) is 17.2. The molecule has 1 N–H and O–H groups in total. The third kappa shape index (κ3) is 5.24. The first-order valence-corrected chi connectivity index (χ1v) is 9.20. The van der Waals surface area contributed by atoms with Gasteiger partial charge in [0, 0.05) is 24.5 Å². The van der Waals surface area contributed by atoms with E-state index in [1.807, 2.05) is 0 Å². The van der Waals surface area contributed by atoms with Crippen molar-refractivity contribution in [2.75, 3.05) is 32.6 Å². The van der Waals surface area contributed by atoms with E-state index in [4.69, 9.17) is 16.3 Å². The number of carbonyl (C=O) groups is 1. The molecule has 22 heavy (non-hydrogen) atoms. The van der Waals surface area contributed by atoms with Crippen LogP contribution in [0.15, 0.2) is 24.3 Å². The van der Waals surface area contributed by atoms with Crippen molar-refractivity contribution in [3.8, 4) is 0 Å². The van der Waals surface area contributed by atoms with Crippen LogP contribution in [0, 0.1) is 0 Å². The minimum Gasteiger partial charge on any atom is -0.378 e. The predicted molar refractivity (Wildman–Crippen MR) is 84.2 cm³/mol. The standard InChI is InChI=1S/C14H19ClN2O4S/c1-22(19,20)16-13(11-2-4-12(15)5-3-11)10-14(18)17-6-8-21-9-7-17/h2-5,13,16H,6-10H2,1H3. The lowest BCUT2D eigenvalue weighted by atomic mass is 10.0. The van der Waals surface area contributed by atoms with E-state index < -0.39 is 16.1 Å². The Bertz CT molecular complexity index is 612. The number of ether oxygens (including phenoxy) is 1. The average molecular weight is 347 g/mol. The van der Waals surface area contributed by atoms with E-state index in [9.17, 15) is 13.2 Å². The summed E-state index contributed by atoms with van der Waals surface area (Å²) in [4.78, 5) is 14.0. The number of sulfonamides is 1. The van der Waals surface area contributed by atoms with Gasteiger partial charge in [-0.25, -0.2) is 13.1 Å². The van der Waals surface area contributed by atoms with Crippen molar-refractivity contribution in [1.82, 2.24) is 9.62 Å². The van der Waals surface area contributed by atoms with Gasteiger partial charge in [0.25, 0.3) is 0 Å². The lowest BCUT2D eigenvalue weighted by Gasteiger charge is -2.28. The Labute approximate surface area is 135 Å². The third-order valence-corrected chi connectivity index (χ3v) is 4.34. The second kappa shape index (κ2) is 7.41. The molecule has 0 bridgehead atoms. The average Bonchev–Trinajstić information content (AvgIpc) is 2.47. The molecular weight excluding hydrogens is 328 g/mol. The van der Waals surface area contributed by atoms with Crippen molar-refractivity contribution in [3.05, 3.63) is 34.9 Å². The minimum atomic E-state index is -3.44. The van der Waals surface area contributed by atoms with Crippen LogP contribution in [0.25, 0.3) is 0 Å². The van der Waals surface area contributed by atoms with Crippen LogP contribution >= 0.6 is 11.6 Å². The highest BCUT2D eigenvalue weighted by Crippen LogP contribution is 2.21. The fraction of sp³-hybridized carbons (Fsp3) is 0.500. The van der Waals surface area contributed by atoms with Crippen LogP contribution in [-0.4, -0.2) is 51.8 Å². The summed E-state index contributed by atoms with van der Waals surface area (Å²) in [7, 11) is -3.44. The molecule has 0 saturated carbocycles. The van der Waals surface area contributed by atoms with E-state index in [0.29, 0.717) is 36.9 Å². The fourth-order valence-corrected chi connectivity index (χ4v) is 3.16. The molecule has 1 fully saturated rings. The van der Waals surface area contributed by atoms with E-state index in [0.717, 1.165) is 6.26 Å². The molecule has 1 atom stereocenters. The number of halogens is 1. The number of hydrogen-bond donors (Lipinski definition) is 1. The largest absolute Gasteiger partial charge is 0.378 e. The maximum absolute atomic E-state index is 12.3. The molecular formula is C14H19ClN2O4S. The number of hydrogen-bond acceptors (Lipinski definition) is 4. The number of carbonyl (C=O) groups excluding carboxylic acids is 1. The molecule has 1 aliphatic heterocycles. The molecule has 0 radical (unpaired) electrons. The van der Waals surface area contributed by atoms with Crippen LogP contribution in [0.4, 0.5) is 0 Å². The molecule has 1 aromatic carbocycles. The van der Waals surface area contributed by atoms with Gasteiger partial charge < -0.3 is 9.64 Å². The lowest BCUT2D eigenvalue weighted by Crippen LogP contribution is -2.42. The summed E-state index contributed by atoms with van der Waals surface area (Å²) < 4.78 is 30.8. The normalized spacial score (nSPS) is 17.3. The highest BCUT2D eigenvalue weighted by Gasteiger charge is 2.24. The van der Waals surface area contributed by atoms with Gasteiger partial charge in [0.15, 0.2) is 0 Å². The maximum atomic E-state index is 12.3. The Morgan fingerprint density at radius 3 is 2.45 bits per heavy atom. The molecule has 122 valence electrons. The SMILES string of the molecule is CS(=O)(=O)NC(CC(=O)N1CCOCC1)c1ccc(Cl)cc1. The Hall–Kier alpha value is -1.15. The summed E-state index contributed by atoms with van der Waals surface area (Å²) in [6.45, 7) is 2.09. The molecule has 1 aliphatic rings. The van der Waals surface area contributed by atoms with Gasteiger partial charge in [0.05, 0.1) is 25.5 Å². The Kier molecular flexibility index (Phi) is 5.80. The molecule has 6 nitrogen and oxygen atoms in total. The van der Waals surface area contributed by atoms with Gasteiger partial charge in [-0.1, -0.05) is 23.7 Å². The third-order valence-electron chi connectivity index (χ3n) is 3.37. The summed E-state index contributed by atoms with van der Waals surface area (Å²) >= 11 is 5.85. The first-order valence-electron chi connectivity index (χ1n) is 6.93. The molecule has 1 unspecified atom stereocenters. The van der Waals surface area contributed by atoms with Crippen molar-refractivity contribution >= 4 is 27.5 Å². The van der Waals surface area contributed by atoms with E-state index in [1.54, 1.807) is 29.2 Å². The van der Waals surface area contributed by atoms with Crippen LogP contribution in [0.1, 0.15) is 18.0 Å². The fourth-order valence-electron chi connectivity index (χ4n) is 2.30. The summed E-state index contributed by atoms with van der Waals surface area (Å²) in [5.74, 6) is -0.0978. The Balaban J connectivity index is 2.13. The van der Waals surface area contributed by atoms with Crippen LogP contribution in [0.2, 0.25) is 5.02 Å². The molecule has 1 aromatic rings. The van der Waals surface area contributed by atoms with Crippen molar-refractivity contribution in [3.63, 3.8) is 0 Å². The van der Waals surface area contributed by atoms with E-state index >= 15 is 0 Å². The lowest BCUT2D eigenvalue weighted by molar-refractivity contribution is -0.135. The van der Waals surface area contributed by atoms with Gasteiger partial charge in [0.2, 0.25) is 15.9 Å². The molecule has 1 saturated heterocycles. The van der Waals surface area contributed by atoms with E-state index in [1.165, 1.54) is 0 Å². The molecule has 1 amide bonds. The number of amides is 1. The van der Waals surface area contributed by atoms with E-state index in [-0.39, 0.29) is 12.3 Å². The number of morpholine rings is 1. The Morgan fingerprint density at radius 2 is 1.91 bits per heavy atom. The monoisotopic (exact) mass is 346 g/mol. The van der Waals surface area contributed by atoms with Crippen LogP contribution in [-0.2, 0) is 19.6 Å². The van der Waals surface area contributed by atoms with Crippen molar-refractivity contribution in [2.24, 2.45) is 0 Å². The van der Waals surface area contributed by atoms with E-state index in [2.05, 4.69) is 4.72 Å². The van der Waals surface area contributed by atoms with Gasteiger partial charge in [-0.15, -0.1) is 0 Å². The van der Waals surface area contributed by atoms with Crippen LogP contribution < -0.4 is 4.72 Å². The van der Waals surface area contributed by atoms with Gasteiger partial charge in [0.1, 0.15) is 0 Å². The zero-order valence-corrected chi connectivity index (χ0v) is 13.9. The first-order chi connectivity index (χ1) is 10.3. The highest BCUT2D eigenvalue weighted by molar-refractivity contribution is 7.88. The number of nitrogens with zero attached hydrogens (tertiary/aromatic N) is 1. The summed E-state index contributed by atoms with van der Waals surface area (Å²) in [5.41, 5.74) is 0.705. The van der Waals surface area contributed by atoms with Crippen molar-refractivity contribution < 1.29 is 17.9 Å². The number of benzene rings is 1. The molecule has 0 aliphatic carbocycles. The summed E-state index contributed by atoms with van der Waals surface area (Å²) in [6, 6.07) is 6.18. The van der Waals surface area contributed by atoms with Crippen LogP contribution in [0.5, 0.6) is 0 Å². The topological polar surface area (TPSA) is 75.7 Å². The van der Waals surface area contributed by atoms with Crippen LogP contribution in [0.3, 0.4) is 0 Å². The smallest absolute Gasteiger partial charge is 0.224 e. The second-order valence-corrected chi connectivity index (χ2v) is 7.41. The molecule has 0 aromatic heterocycles. The van der Waals surface area contributed by atoms with Gasteiger partial charge in [-0.05, 0) is 17.7 Å². The summed E-state index contributed by atoms with van der Waals surface area (Å²) in [6.07, 6.45) is 1.14.